The number of anilines is 1. The molecule has 0 aliphatic rings. The van der Waals surface area contributed by atoms with Gasteiger partial charge in [-0.1, -0.05) is 0 Å². The number of hydrogen-bond acceptors (Lipinski definition) is 4. The van der Waals surface area contributed by atoms with Gasteiger partial charge in [0.15, 0.2) is 5.65 Å². The Morgan fingerprint density at radius 2 is 2.18 bits per heavy atom. The van der Waals surface area contributed by atoms with Gasteiger partial charge in [-0.15, -0.1) is 0 Å². The SMILES string of the molecule is CCOCC(C)n1c(N)nc2ccc(C)nc21. The lowest BCUT2D eigenvalue weighted by molar-refractivity contribution is 0.120. The number of pyridine rings is 1. The second-order valence-corrected chi connectivity index (χ2v) is 4.14. The van der Waals surface area contributed by atoms with Gasteiger partial charge in [0.25, 0.3) is 0 Å². The minimum absolute atomic E-state index is 0.134. The van der Waals surface area contributed by atoms with E-state index < -0.39 is 0 Å². The Morgan fingerprint density at radius 1 is 1.41 bits per heavy atom. The van der Waals surface area contributed by atoms with Crippen LogP contribution in [0.5, 0.6) is 0 Å². The zero-order chi connectivity index (χ0) is 12.4. The normalized spacial score (nSPS) is 13.1. The van der Waals surface area contributed by atoms with Crippen LogP contribution in [0.15, 0.2) is 12.1 Å². The van der Waals surface area contributed by atoms with Crippen molar-refractivity contribution in [2.75, 3.05) is 18.9 Å². The fraction of sp³-hybridized carbons (Fsp3) is 0.500. The molecule has 0 aromatic carbocycles. The number of imidazole rings is 1. The molecule has 0 amide bonds. The molecule has 2 heterocycles. The molecule has 0 radical (unpaired) electrons. The Labute approximate surface area is 101 Å². The molecule has 0 saturated heterocycles. The van der Waals surface area contributed by atoms with Crippen LogP contribution in [-0.4, -0.2) is 27.7 Å². The Hall–Kier alpha value is -1.62. The highest BCUT2D eigenvalue weighted by molar-refractivity contribution is 5.74. The minimum atomic E-state index is 0.134. The molecule has 2 N–H and O–H groups in total. The predicted molar refractivity (Wildman–Crippen MR) is 67.9 cm³/mol. The van der Waals surface area contributed by atoms with Gasteiger partial charge in [-0.2, -0.15) is 0 Å². The maximum absolute atomic E-state index is 5.93. The van der Waals surface area contributed by atoms with Crippen LogP contribution in [0.25, 0.3) is 11.2 Å². The molecule has 1 unspecified atom stereocenters. The first-order chi connectivity index (χ1) is 8.13. The van der Waals surface area contributed by atoms with Crippen molar-refractivity contribution in [1.82, 2.24) is 14.5 Å². The van der Waals surface area contributed by atoms with Gasteiger partial charge in [-0.25, -0.2) is 9.97 Å². The highest BCUT2D eigenvalue weighted by Gasteiger charge is 2.15. The van der Waals surface area contributed by atoms with E-state index in [0.717, 1.165) is 16.9 Å². The van der Waals surface area contributed by atoms with Crippen molar-refractivity contribution in [2.45, 2.75) is 26.8 Å². The second-order valence-electron chi connectivity index (χ2n) is 4.14. The molecule has 0 fully saturated rings. The molecule has 0 aliphatic carbocycles. The third-order valence-corrected chi connectivity index (χ3v) is 2.71. The molecule has 0 bridgehead atoms. The molecule has 2 aromatic rings. The topological polar surface area (TPSA) is 66.0 Å². The van der Waals surface area contributed by atoms with E-state index in [0.29, 0.717) is 19.2 Å². The molecule has 92 valence electrons. The van der Waals surface area contributed by atoms with Crippen LogP contribution in [0, 0.1) is 6.92 Å². The Kier molecular flexibility index (Phi) is 3.28. The largest absolute Gasteiger partial charge is 0.380 e. The summed E-state index contributed by atoms with van der Waals surface area (Å²) in [6, 6.07) is 4.01. The number of fused-ring (bicyclic) bond motifs is 1. The van der Waals surface area contributed by atoms with Crippen LogP contribution in [0.1, 0.15) is 25.6 Å². The average Bonchev–Trinajstić information content (AvgIpc) is 2.61. The van der Waals surface area contributed by atoms with Crippen molar-refractivity contribution >= 4 is 17.1 Å². The van der Waals surface area contributed by atoms with Crippen LogP contribution < -0.4 is 5.73 Å². The first-order valence-electron chi connectivity index (χ1n) is 5.82. The molecule has 17 heavy (non-hydrogen) atoms. The number of nitrogen functional groups attached to an aromatic ring is 1. The number of aryl methyl sites for hydroxylation is 1. The van der Waals surface area contributed by atoms with Gasteiger partial charge >= 0.3 is 0 Å². The van der Waals surface area contributed by atoms with Gasteiger partial charge in [0.2, 0.25) is 5.95 Å². The lowest BCUT2D eigenvalue weighted by Gasteiger charge is -2.15. The standard InChI is InChI=1S/C12H18N4O/c1-4-17-7-9(3)16-11-10(15-12(16)13)6-5-8(2)14-11/h5-6,9H,4,7H2,1-3H3,(H2,13,15). The van der Waals surface area contributed by atoms with Gasteiger partial charge in [-0.05, 0) is 32.9 Å². The first-order valence-corrected chi connectivity index (χ1v) is 5.82. The highest BCUT2D eigenvalue weighted by Crippen LogP contribution is 2.21. The summed E-state index contributed by atoms with van der Waals surface area (Å²) >= 11 is 0. The van der Waals surface area contributed by atoms with Crippen LogP contribution in [0.2, 0.25) is 0 Å². The molecule has 0 saturated carbocycles. The van der Waals surface area contributed by atoms with Crippen LogP contribution in [0.3, 0.4) is 0 Å². The zero-order valence-corrected chi connectivity index (χ0v) is 10.5. The van der Waals surface area contributed by atoms with Crippen LogP contribution >= 0.6 is 0 Å². The number of ether oxygens (including phenoxy) is 1. The Bertz CT molecular complexity index is 520. The van der Waals surface area contributed by atoms with Crippen molar-refractivity contribution in [3.63, 3.8) is 0 Å². The summed E-state index contributed by atoms with van der Waals surface area (Å²) < 4.78 is 7.35. The fourth-order valence-corrected chi connectivity index (χ4v) is 1.88. The molecular weight excluding hydrogens is 216 g/mol. The summed E-state index contributed by atoms with van der Waals surface area (Å²) in [7, 11) is 0. The molecule has 2 aromatic heterocycles. The minimum Gasteiger partial charge on any atom is -0.380 e. The van der Waals surface area contributed by atoms with E-state index in [1.54, 1.807) is 0 Å². The van der Waals surface area contributed by atoms with Crippen molar-refractivity contribution in [2.24, 2.45) is 0 Å². The second kappa shape index (κ2) is 4.71. The first kappa shape index (κ1) is 11.9. The smallest absolute Gasteiger partial charge is 0.202 e. The molecule has 5 heteroatoms. The van der Waals surface area contributed by atoms with Crippen LogP contribution in [0.4, 0.5) is 5.95 Å². The number of hydrogen-bond donors (Lipinski definition) is 1. The predicted octanol–water partition coefficient (Wildman–Crippen LogP) is 1.92. The summed E-state index contributed by atoms with van der Waals surface area (Å²) in [5.41, 5.74) is 8.55. The Balaban J connectivity index is 2.44. The molecular formula is C12H18N4O. The third kappa shape index (κ3) is 2.24. The molecule has 1 atom stereocenters. The monoisotopic (exact) mass is 234 g/mol. The summed E-state index contributed by atoms with van der Waals surface area (Å²) in [6.45, 7) is 7.30. The third-order valence-electron chi connectivity index (χ3n) is 2.71. The summed E-state index contributed by atoms with van der Waals surface area (Å²) in [5, 5.41) is 0. The molecule has 0 spiro atoms. The van der Waals surface area contributed by atoms with Crippen LogP contribution in [-0.2, 0) is 4.74 Å². The lowest BCUT2D eigenvalue weighted by Crippen LogP contribution is -2.15. The van der Waals surface area contributed by atoms with Gasteiger partial charge < -0.3 is 10.5 Å². The average molecular weight is 234 g/mol. The maximum Gasteiger partial charge on any atom is 0.202 e. The molecule has 2 rings (SSSR count). The van der Waals surface area contributed by atoms with Gasteiger partial charge in [0.1, 0.15) is 5.52 Å². The number of rotatable bonds is 4. The highest BCUT2D eigenvalue weighted by atomic mass is 16.5. The van der Waals surface area contributed by atoms with E-state index in [1.165, 1.54) is 0 Å². The molecule has 5 nitrogen and oxygen atoms in total. The fourth-order valence-electron chi connectivity index (χ4n) is 1.88. The van der Waals surface area contributed by atoms with Crippen molar-refractivity contribution in [1.29, 1.82) is 0 Å². The number of nitrogens with two attached hydrogens (primary N) is 1. The zero-order valence-electron chi connectivity index (χ0n) is 10.5. The van der Waals surface area contributed by atoms with E-state index in [1.807, 2.05) is 30.5 Å². The molecule has 0 aliphatic heterocycles. The van der Waals surface area contributed by atoms with Gasteiger partial charge in [-0.3, -0.25) is 4.57 Å². The summed E-state index contributed by atoms with van der Waals surface area (Å²) in [5.74, 6) is 0.491. The van der Waals surface area contributed by atoms with Crippen molar-refractivity contribution in [3.8, 4) is 0 Å². The Morgan fingerprint density at radius 3 is 2.88 bits per heavy atom. The summed E-state index contributed by atoms with van der Waals surface area (Å²) in [6.07, 6.45) is 0. The lowest BCUT2D eigenvalue weighted by atomic mass is 10.3. The van der Waals surface area contributed by atoms with E-state index >= 15 is 0 Å². The van der Waals surface area contributed by atoms with E-state index in [2.05, 4.69) is 16.9 Å². The quantitative estimate of drug-likeness (QED) is 0.877. The maximum atomic E-state index is 5.93. The van der Waals surface area contributed by atoms with Gasteiger partial charge in [0, 0.05) is 12.3 Å². The van der Waals surface area contributed by atoms with E-state index in [4.69, 9.17) is 10.5 Å². The number of nitrogens with zero attached hydrogens (tertiary/aromatic N) is 3. The number of aromatic nitrogens is 3. The van der Waals surface area contributed by atoms with Gasteiger partial charge in [0.05, 0.1) is 12.6 Å². The summed E-state index contributed by atoms with van der Waals surface area (Å²) in [4.78, 5) is 8.80. The van der Waals surface area contributed by atoms with E-state index in [9.17, 15) is 0 Å². The van der Waals surface area contributed by atoms with Crippen molar-refractivity contribution < 1.29 is 4.74 Å². The van der Waals surface area contributed by atoms with E-state index in [-0.39, 0.29) is 6.04 Å². The van der Waals surface area contributed by atoms with Crippen molar-refractivity contribution in [3.05, 3.63) is 17.8 Å².